The number of imidazole rings is 1. The minimum atomic E-state index is -1.29. The number of aromatic nitrogens is 4. The summed E-state index contributed by atoms with van der Waals surface area (Å²) in [5.74, 6) is 0.163. The van der Waals surface area contributed by atoms with E-state index in [0.717, 1.165) is 5.52 Å². The third-order valence-electron chi connectivity index (χ3n) is 4.36. The van der Waals surface area contributed by atoms with Crippen LogP contribution in [0.4, 0.5) is 4.39 Å². The molecule has 0 aliphatic carbocycles. The van der Waals surface area contributed by atoms with Crippen molar-refractivity contribution in [2.45, 2.75) is 18.9 Å². The topological polar surface area (TPSA) is 108 Å². The fourth-order valence-electron chi connectivity index (χ4n) is 3.02. The third-order valence-corrected chi connectivity index (χ3v) is 4.36. The van der Waals surface area contributed by atoms with E-state index >= 15 is 0 Å². The molecule has 0 bridgehead atoms. The number of carbonyl (C=O) groups is 1. The summed E-state index contributed by atoms with van der Waals surface area (Å²) in [6.07, 6.45) is 2.21. The highest BCUT2D eigenvalue weighted by atomic mass is 19.1. The van der Waals surface area contributed by atoms with Crippen molar-refractivity contribution in [3.05, 3.63) is 53.9 Å². The molecular weight excluding hydrogens is 351 g/mol. The predicted molar refractivity (Wildman–Crippen MR) is 92.2 cm³/mol. The molecule has 1 saturated heterocycles. The van der Waals surface area contributed by atoms with Crippen molar-refractivity contribution in [2.75, 3.05) is 13.1 Å². The summed E-state index contributed by atoms with van der Waals surface area (Å²) >= 11 is 0. The van der Waals surface area contributed by atoms with Gasteiger partial charge in [0.25, 0.3) is 5.91 Å². The van der Waals surface area contributed by atoms with Crippen molar-refractivity contribution < 1.29 is 13.9 Å². The van der Waals surface area contributed by atoms with E-state index in [4.69, 9.17) is 10.00 Å². The van der Waals surface area contributed by atoms with Crippen LogP contribution in [-0.4, -0.2) is 56.1 Å². The monoisotopic (exact) mass is 366 g/mol. The molecule has 8 nitrogen and oxygen atoms in total. The molecule has 1 N–H and O–H groups in total. The fourth-order valence-corrected chi connectivity index (χ4v) is 3.02. The number of alkyl halides is 1. The lowest BCUT2D eigenvalue weighted by Gasteiger charge is -2.15. The van der Waals surface area contributed by atoms with Gasteiger partial charge in [0.05, 0.1) is 42.0 Å². The lowest BCUT2D eigenvalue weighted by molar-refractivity contribution is 0.00886. The number of likely N-dealkylation sites (tertiary alicyclic amines) is 1. The first kappa shape index (κ1) is 17.1. The van der Waals surface area contributed by atoms with Gasteiger partial charge in [-0.05, 0) is 18.2 Å². The predicted octanol–water partition coefficient (Wildman–Crippen LogP) is 1.60. The van der Waals surface area contributed by atoms with Gasteiger partial charge in [0.1, 0.15) is 30.4 Å². The molecule has 3 heterocycles. The number of hydrogen-bond acceptors (Lipinski definition) is 6. The molecule has 2 atom stereocenters. The number of rotatable bonds is 4. The Bertz CT molecular complexity index is 1020. The summed E-state index contributed by atoms with van der Waals surface area (Å²) in [4.78, 5) is 29.0. The van der Waals surface area contributed by atoms with Crippen LogP contribution in [0.2, 0.25) is 0 Å². The number of aromatic amines is 1. The standard InChI is InChI=1S/C18H15FN6O2/c19-12-8-25(18(26)15-7-21-3-4-22-15)9-16(12)27-10-17-23-13-2-1-11(6-20)5-14(13)24-17/h1-5,7,12,16H,8-10H2,(H,23,24). The molecule has 0 spiro atoms. The molecular formula is C18H15FN6O2. The largest absolute Gasteiger partial charge is 0.365 e. The summed E-state index contributed by atoms with van der Waals surface area (Å²) in [7, 11) is 0. The minimum Gasteiger partial charge on any atom is -0.365 e. The number of nitrogens with one attached hydrogen (secondary N) is 1. The van der Waals surface area contributed by atoms with Gasteiger partial charge in [-0.15, -0.1) is 0 Å². The van der Waals surface area contributed by atoms with E-state index in [1.165, 1.54) is 23.5 Å². The van der Waals surface area contributed by atoms with E-state index in [1.807, 2.05) is 0 Å². The molecule has 27 heavy (non-hydrogen) atoms. The Morgan fingerprint density at radius 3 is 3.07 bits per heavy atom. The Kier molecular flexibility index (Phi) is 4.48. The number of fused-ring (bicyclic) bond motifs is 1. The Morgan fingerprint density at radius 1 is 1.41 bits per heavy atom. The van der Waals surface area contributed by atoms with Crippen LogP contribution in [0.25, 0.3) is 11.0 Å². The molecule has 1 fully saturated rings. The van der Waals surface area contributed by atoms with Crippen LogP contribution in [0.1, 0.15) is 21.9 Å². The van der Waals surface area contributed by atoms with Crippen LogP contribution in [0.5, 0.6) is 0 Å². The molecule has 1 aliphatic heterocycles. The van der Waals surface area contributed by atoms with Crippen molar-refractivity contribution in [1.82, 2.24) is 24.8 Å². The summed E-state index contributed by atoms with van der Waals surface area (Å²) < 4.78 is 19.9. The van der Waals surface area contributed by atoms with Crippen LogP contribution in [0, 0.1) is 11.3 Å². The first-order valence-corrected chi connectivity index (χ1v) is 8.34. The summed E-state index contributed by atoms with van der Waals surface area (Å²) in [5, 5.41) is 8.94. The quantitative estimate of drug-likeness (QED) is 0.751. The Morgan fingerprint density at radius 2 is 2.30 bits per heavy atom. The van der Waals surface area contributed by atoms with Gasteiger partial charge in [-0.25, -0.2) is 14.4 Å². The maximum atomic E-state index is 14.3. The van der Waals surface area contributed by atoms with Crippen LogP contribution < -0.4 is 0 Å². The molecule has 0 saturated carbocycles. The molecule has 2 aromatic heterocycles. The average molecular weight is 366 g/mol. The van der Waals surface area contributed by atoms with E-state index in [1.54, 1.807) is 18.2 Å². The van der Waals surface area contributed by atoms with Gasteiger partial charge in [0.2, 0.25) is 0 Å². The van der Waals surface area contributed by atoms with Crippen LogP contribution >= 0.6 is 0 Å². The van der Waals surface area contributed by atoms with Gasteiger partial charge in [-0.3, -0.25) is 9.78 Å². The van der Waals surface area contributed by atoms with Gasteiger partial charge < -0.3 is 14.6 Å². The van der Waals surface area contributed by atoms with Crippen molar-refractivity contribution in [1.29, 1.82) is 5.26 Å². The SMILES string of the molecule is N#Cc1ccc2nc(COC3CN(C(=O)c4cnccn4)CC3F)[nH]c2c1. The van der Waals surface area contributed by atoms with E-state index in [9.17, 15) is 9.18 Å². The number of halogens is 1. The zero-order chi connectivity index (χ0) is 18.8. The normalized spacial score (nSPS) is 19.3. The smallest absolute Gasteiger partial charge is 0.274 e. The highest BCUT2D eigenvalue weighted by Crippen LogP contribution is 2.20. The summed E-state index contributed by atoms with van der Waals surface area (Å²) in [6, 6.07) is 7.18. The number of nitrogens with zero attached hydrogens (tertiary/aromatic N) is 5. The van der Waals surface area contributed by atoms with Gasteiger partial charge in [-0.2, -0.15) is 5.26 Å². The second kappa shape index (κ2) is 7.09. The van der Waals surface area contributed by atoms with Crippen LogP contribution in [0.3, 0.4) is 0 Å². The van der Waals surface area contributed by atoms with Gasteiger partial charge in [0, 0.05) is 12.4 Å². The summed E-state index contributed by atoms with van der Waals surface area (Å²) in [6.45, 7) is 0.163. The third kappa shape index (κ3) is 3.47. The number of nitriles is 1. The highest BCUT2D eigenvalue weighted by Gasteiger charge is 2.37. The highest BCUT2D eigenvalue weighted by molar-refractivity contribution is 5.92. The molecule has 1 amide bonds. The molecule has 1 aliphatic rings. The lowest BCUT2D eigenvalue weighted by atomic mass is 10.2. The van der Waals surface area contributed by atoms with E-state index in [2.05, 4.69) is 26.0 Å². The van der Waals surface area contributed by atoms with Crippen molar-refractivity contribution in [3.8, 4) is 6.07 Å². The van der Waals surface area contributed by atoms with Gasteiger partial charge >= 0.3 is 0 Å². The molecule has 9 heteroatoms. The maximum Gasteiger partial charge on any atom is 0.274 e. The lowest BCUT2D eigenvalue weighted by Crippen LogP contribution is -2.30. The van der Waals surface area contributed by atoms with Gasteiger partial charge in [0.15, 0.2) is 0 Å². The number of ether oxygens (including phenoxy) is 1. The van der Waals surface area contributed by atoms with Crippen molar-refractivity contribution in [3.63, 3.8) is 0 Å². The fraction of sp³-hybridized carbons (Fsp3) is 0.278. The molecule has 136 valence electrons. The maximum absolute atomic E-state index is 14.3. The zero-order valence-electron chi connectivity index (χ0n) is 14.2. The van der Waals surface area contributed by atoms with Crippen LogP contribution in [0.15, 0.2) is 36.8 Å². The summed E-state index contributed by atoms with van der Waals surface area (Å²) in [5.41, 5.74) is 2.12. The number of H-pyrrole nitrogens is 1. The Balaban J connectivity index is 1.40. The number of hydrogen-bond donors (Lipinski definition) is 1. The zero-order valence-corrected chi connectivity index (χ0v) is 14.2. The first-order valence-electron chi connectivity index (χ1n) is 8.34. The number of amides is 1. The van der Waals surface area contributed by atoms with E-state index in [0.29, 0.717) is 16.9 Å². The molecule has 0 radical (unpaired) electrons. The second-order valence-electron chi connectivity index (χ2n) is 6.19. The molecule has 4 rings (SSSR count). The number of benzene rings is 1. The van der Waals surface area contributed by atoms with E-state index < -0.39 is 12.3 Å². The van der Waals surface area contributed by atoms with Gasteiger partial charge in [-0.1, -0.05) is 0 Å². The molecule has 2 unspecified atom stereocenters. The molecule has 1 aromatic carbocycles. The Labute approximate surface area is 153 Å². The van der Waals surface area contributed by atoms with Crippen LogP contribution in [-0.2, 0) is 11.3 Å². The van der Waals surface area contributed by atoms with Crippen molar-refractivity contribution >= 4 is 16.9 Å². The number of carbonyl (C=O) groups excluding carboxylic acids is 1. The first-order chi connectivity index (χ1) is 13.1. The second-order valence-corrected chi connectivity index (χ2v) is 6.19. The Hall–Kier alpha value is -3.38. The molecule has 3 aromatic rings. The minimum absolute atomic E-state index is 0.0499. The van der Waals surface area contributed by atoms with Crippen molar-refractivity contribution in [2.24, 2.45) is 0 Å². The average Bonchev–Trinajstić information content (AvgIpc) is 3.28. The van der Waals surface area contributed by atoms with E-state index in [-0.39, 0.29) is 31.3 Å².